The van der Waals surface area contributed by atoms with Gasteiger partial charge in [-0.2, -0.15) is 0 Å². The number of rotatable bonds is 7. The second-order valence-corrected chi connectivity index (χ2v) is 6.68. The zero-order chi connectivity index (χ0) is 17.5. The Balaban J connectivity index is 1.48. The Morgan fingerprint density at radius 2 is 1.80 bits per heavy atom. The van der Waals surface area contributed by atoms with Gasteiger partial charge in [0.15, 0.2) is 0 Å². The lowest BCUT2D eigenvalue weighted by molar-refractivity contribution is 0.203. The van der Waals surface area contributed by atoms with Crippen molar-refractivity contribution in [2.45, 2.75) is 31.7 Å². The van der Waals surface area contributed by atoms with Crippen LogP contribution in [0.15, 0.2) is 53.1 Å². The van der Waals surface area contributed by atoms with Crippen molar-refractivity contribution in [3.63, 3.8) is 0 Å². The highest BCUT2D eigenvalue weighted by atomic mass is 16.3. The molecule has 2 amide bonds. The molecule has 0 bridgehead atoms. The van der Waals surface area contributed by atoms with E-state index in [1.54, 1.807) is 6.26 Å². The fraction of sp³-hybridized carbons (Fsp3) is 0.450. The van der Waals surface area contributed by atoms with Crippen molar-refractivity contribution in [2.75, 3.05) is 26.2 Å². The summed E-state index contributed by atoms with van der Waals surface area (Å²) < 4.78 is 5.58. The fourth-order valence-corrected chi connectivity index (χ4v) is 3.34. The third-order valence-electron chi connectivity index (χ3n) is 4.85. The lowest BCUT2D eigenvalue weighted by Gasteiger charge is -2.26. The maximum absolute atomic E-state index is 12.2. The molecular weight excluding hydrogens is 314 g/mol. The van der Waals surface area contributed by atoms with Crippen LogP contribution in [-0.2, 0) is 0 Å². The molecule has 0 radical (unpaired) electrons. The van der Waals surface area contributed by atoms with Gasteiger partial charge in [0.2, 0.25) is 0 Å². The first kappa shape index (κ1) is 17.5. The average Bonchev–Trinajstić information content (AvgIpc) is 3.35. The average molecular weight is 341 g/mol. The summed E-state index contributed by atoms with van der Waals surface area (Å²) in [5, 5.41) is 5.98. The van der Waals surface area contributed by atoms with E-state index in [1.807, 2.05) is 30.3 Å². The fourth-order valence-electron chi connectivity index (χ4n) is 3.34. The highest BCUT2D eigenvalue weighted by Crippen LogP contribution is 2.24. The molecule has 1 aromatic carbocycles. The number of carbonyl (C=O) groups is 1. The summed E-state index contributed by atoms with van der Waals surface area (Å²) in [4.78, 5) is 14.6. The smallest absolute Gasteiger partial charge is 0.314 e. The van der Waals surface area contributed by atoms with Crippen LogP contribution in [0.2, 0.25) is 0 Å². The van der Waals surface area contributed by atoms with E-state index in [2.05, 4.69) is 34.6 Å². The summed E-state index contributed by atoms with van der Waals surface area (Å²) in [5.74, 6) is 1.20. The van der Waals surface area contributed by atoms with Gasteiger partial charge < -0.3 is 15.1 Å². The molecule has 3 rings (SSSR count). The lowest BCUT2D eigenvalue weighted by Crippen LogP contribution is -2.42. The number of nitrogens with zero attached hydrogens (tertiary/aromatic N) is 1. The summed E-state index contributed by atoms with van der Waals surface area (Å²) in [6, 6.07) is 14.1. The minimum Gasteiger partial charge on any atom is -0.468 e. The summed E-state index contributed by atoms with van der Waals surface area (Å²) in [6.45, 7) is 5.40. The van der Waals surface area contributed by atoms with Crippen molar-refractivity contribution >= 4 is 6.03 Å². The highest BCUT2D eigenvalue weighted by Gasteiger charge is 2.25. The van der Waals surface area contributed by atoms with Crippen LogP contribution in [-0.4, -0.2) is 37.1 Å². The Kier molecular flexibility index (Phi) is 6.12. The molecule has 1 aliphatic rings. The molecule has 1 aliphatic heterocycles. The summed E-state index contributed by atoms with van der Waals surface area (Å²) >= 11 is 0. The van der Waals surface area contributed by atoms with Crippen molar-refractivity contribution in [3.05, 3.63) is 60.1 Å². The molecule has 0 aliphatic carbocycles. The number of hydrogen-bond donors (Lipinski definition) is 2. The molecule has 1 fully saturated rings. The van der Waals surface area contributed by atoms with Crippen LogP contribution in [0, 0.1) is 0 Å². The number of urea groups is 1. The van der Waals surface area contributed by atoms with Gasteiger partial charge in [-0.25, -0.2) is 4.79 Å². The van der Waals surface area contributed by atoms with E-state index in [9.17, 15) is 4.79 Å². The van der Waals surface area contributed by atoms with E-state index in [0.717, 1.165) is 18.8 Å². The summed E-state index contributed by atoms with van der Waals surface area (Å²) in [6.07, 6.45) is 4.11. The molecule has 2 aromatic rings. The number of carbonyl (C=O) groups excluding carboxylic acids is 1. The van der Waals surface area contributed by atoms with Crippen LogP contribution in [0.4, 0.5) is 4.79 Å². The normalized spacial score (nSPS) is 17.2. The van der Waals surface area contributed by atoms with E-state index in [4.69, 9.17) is 4.42 Å². The van der Waals surface area contributed by atoms with Crippen LogP contribution in [0.5, 0.6) is 0 Å². The molecular formula is C20H27N3O2. The second-order valence-electron chi connectivity index (χ2n) is 6.68. The van der Waals surface area contributed by atoms with E-state index >= 15 is 0 Å². The van der Waals surface area contributed by atoms with Gasteiger partial charge in [-0.3, -0.25) is 4.90 Å². The van der Waals surface area contributed by atoms with Crippen molar-refractivity contribution in [1.82, 2.24) is 15.5 Å². The summed E-state index contributed by atoms with van der Waals surface area (Å²) in [7, 11) is 0. The zero-order valence-electron chi connectivity index (χ0n) is 14.8. The molecule has 5 nitrogen and oxygen atoms in total. The van der Waals surface area contributed by atoms with Gasteiger partial charge in [0.05, 0.1) is 12.3 Å². The molecule has 2 N–H and O–H groups in total. The Morgan fingerprint density at radius 3 is 2.48 bits per heavy atom. The van der Waals surface area contributed by atoms with Gasteiger partial charge in [0.25, 0.3) is 0 Å². The number of amides is 2. The van der Waals surface area contributed by atoms with Gasteiger partial charge in [0, 0.05) is 13.1 Å². The largest absolute Gasteiger partial charge is 0.468 e. The Hall–Kier alpha value is -2.27. The summed E-state index contributed by atoms with van der Waals surface area (Å²) in [5.41, 5.74) is 1.23. The SMILES string of the molecule is CC(CNC(=O)NCC(c1ccco1)N1CCCC1)c1ccccc1. The molecule has 0 saturated carbocycles. The molecule has 2 atom stereocenters. The van der Waals surface area contributed by atoms with Crippen LogP contribution in [0.1, 0.15) is 43.0 Å². The third kappa shape index (κ3) is 4.86. The van der Waals surface area contributed by atoms with Gasteiger partial charge in [-0.15, -0.1) is 0 Å². The second kappa shape index (κ2) is 8.72. The highest BCUT2D eigenvalue weighted by molar-refractivity contribution is 5.73. The van der Waals surface area contributed by atoms with Crippen LogP contribution < -0.4 is 10.6 Å². The van der Waals surface area contributed by atoms with Crippen molar-refractivity contribution < 1.29 is 9.21 Å². The van der Waals surface area contributed by atoms with Crippen LogP contribution in [0.3, 0.4) is 0 Å². The quantitative estimate of drug-likeness (QED) is 0.810. The van der Waals surface area contributed by atoms with E-state index in [0.29, 0.717) is 13.1 Å². The van der Waals surface area contributed by atoms with E-state index in [1.165, 1.54) is 18.4 Å². The maximum atomic E-state index is 12.2. The number of furan rings is 1. The molecule has 134 valence electrons. The number of likely N-dealkylation sites (tertiary alicyclic amines) is 1. The Bertz CT molecular complexity index is 636. The van der Waals surface area contributed by atoms with Crippen molar-refractivity contribution in [1.29, 1.82) is 0 Å². The van der Waals surface area contributed by atoms with Gasteiger partial charge in [-0.05, 0) is 49.5 Å². The first-order chi connectivity index (χ1) is 12.2. The first-order valence-corrected chi connectivity index (χ1v) is 9.08. The van der Waals surface area contributed by atoms with E-state index in [-0.39, 0.29) is 18.0 Å². The lowest BCUT2D eigenvalue weighted by atomic mass is 10.0. The Morgan fingerprint density at radius 1 is 1.08 bits per heavy atom. The van der Waals surface area contributed by atoms with Crippen LogP contribution >= 0.6 is 0 Å². The molecule has 0 spiro atoms. The number of benzene rings is 1. The first-order valence-electron chi connectivity index (χ1n) is 9.08. The third-order valence-corrected chi connectivity index (χ3v) is 4.85. The topological polar surface area (TPSA) is 57.5 Å². The molecule has 25 heavy (non-hydrogen) atoms. The standard InChI is InChI=1S/C20H27N3O2/c1-16(17-8-3-2-4-9-17)14-21-20(24)22-15-18(19-10-7-13-25-19)23-11-5-6-12-23/h2-4,7-10,13,16,18H,5-6,11-12,14-15H2,1H3,(H2,21,22,24). The Labute approximate surface area is 149 Å². The van der Waals surface area contributed by atoms with Crippen molar-refractivity contribution in [3.8, 4) is 0 Å². The van der Waals surface area contributed by atoms with E-state index < -0.39 is 0 Å². The number of hydrogen-bond acceptors (Lipinski definition) is 3. The minimum atomic E-state index is -0.126. The minimum absolute atomic E-state index is 0.106. The molecule has 2 unspecified atom stereocenters. The predicted octanol–water partition coefficient (Wildman–Crippen LogP) is 3.52. The monoisotopic (exact) mass is 341 g/mol. The predicted molar refractivity (Wildman–Crippen MR) is 98.5 cm³/mol. The zero-order valence-corrected chi connectivity index (χ0v) is 14.8. The molecule has 1 aromatic heterocycles. The molecule has 2 heterocycles. The van der Waals surface area contributed by atoms with Gasteiger partial charge in [-0.1, -0.05) is 37.3 Å². The van der Waals surface area contributed by atoms with Crippen molar-refractivity contribution in [2.24, 2.45) is 0 Å². The van der Waals surface area contributed by atoms with Gasteiger partial charge >= 0.3 is 6.03 Å². The number of nitrogens with one attached hydrogen (secondary N) is 2. The van der Waals surface area contributed by atoms with Crippen LogP contribution in [0.25, 0.3) is 0 Å². The molecule has 1 saturated heterocycles. The molecule has 5 heteroatoms. The maximum Gasteiger partial charge on any atom is 0.314 e. The van der Waals surface area contributed by atoms with Gasteiger partial charge in [0.1, 0.15) is 5.76 Å².